The lowest BCUT2D eigenvalue weighted by Crippen LogP contribution is -2.41. The van der Waals surface area contributed by atoms with E-state index < -0.39 is 0 Å². The highest BCUT2D eigenvalue weighted by Crippen LogP contribution is 2.28. The van der Waals surface area contributed by atoms with Crippen molar-refractivity contribution in [1.29, 1.82) is 0 Å². The number of carbonyl (C=O) groups excluding carboxylic acids is 1. The highest BCUT2D eigenvalue weighted by molar-refractivity contribution is 5.80. The van der Waals surface area contributed by atoms with Crippen molar-refractivity contribution >= 4 is 16.9 Å². The molecule has 3 aromatic rings. The van der Waals surface area contributed by atoms with Gasteiger partial charge in [-0.3, -0.25) is 4.79 Å². The SMILES string of the molecule is COCCN1C[C@H](c2nc(-c3ccc4nc[nH]c4c3)no2)CCC1=O. The Labute approximate surface area is 144 Å². The molecule has 1 atom stereocenters. The van der Waals surface area contributed by atoms with Crippen LogP contribution in [0.5, 0.6) is 0 Å². The first kappa shape index (κ1) is 15.8. The van der Waals surface area contributed by atoms with Crippen LogP contribution >= 0.6 is 0 Å². The number of hydrogen-bond acceptors (Lipinski definition) is 6. The third-order valence-corrected chi connectivity index (χ3v) is 4.53. The number of H-pyrrole nitrogens is 1. The predicted octanol–water partition coefficient (Wildman–Crippen LogP) is 1.97. The van der Waals surface area contributed by atoms with E-state index in [-0.39, 0.29) is 11.8 Å². The summed E-state index contributed by atoms with van der Waals surface area (Å²) in [5, 5.41) is 4.11. The standard InChI is InChI=1S/C17H19N5O3/c1-24-7-6-22-9-12(3-5-15(22)23)17-20-16(21-25-17)11-2-4-13-14(8-11)19-10-18-13/h2,4,8,10,12H,3,5-7,9H2,1H3,(H,18,19)/t12-/m1/s1. The van der Waals surface area contributed by atoms with Gasteiger partial charge in [0.2, 0.25) is 17.6 Å². The lowest BCUT2D eigenvalue weighted by molar-refractivity contribution is -0.134. The summed E-state index contributed by atoms with van der Waals surface area (Å²) in [6.45, 7) is 1.70. The van der Waals surface area contributed by atoms with Crippen molar-refractivity contribution < 1.29 is 14.1 Å². The highest BCUT2D eigenvalue weighted by Gasteiger charge is 2.30. The number of carbonyl (C=O) groups is 1. The monoisotopic (exact) mass is 341 g/mol. The zero-order valence-corrected chi connectivity index (χ0v) is 13.9. The minimum Gasteiger partial charge on any atom is -0.383 e. The van der Waals surface area contributed by atoms with E-state index in [0.717, 1.165) is 23.0 Å². The molecule has 130 valence electrons. The van der Waals surface area contributed by atoms with E-state index in [2.05, 4.69) is 20.1 Å². The number of imidazole rings is 1. The maximum Gasteiger partial charge on any atom is 0.231 e. The quantitative estimate of drug-likeness (QED) is 0.762. The summed E-state index contributed by atoms with van der Waals surface area (Å²) in [4.78, 5) is 25.6. The number of ether oxygens (including phenoxy) is 1. The molecule has 1 amide bonds. The molecule has 2 aromatic heterocycles. The van der Waals surface area contributed by atoms with Crippen LogP contribution in [0, 0.1) is 0 Å². The Kier molecular flexibility index (Phi) is 4.19. The third kappa shape index (κ3) is 3.12. The van der Waals surface area contributed by atoms with Gasteiger partial charge in [-0.1, -0.05) is 5.16 Å². The number of amides is 1. The average molecular weight is 341 g/mol. The van der Waals surface area contributed by atoms with Crippen molar-refractivity contribution in [3.63, 3.8) is 0 Å². The summed E-state index contributed by atoms with van der Waals surface area (Å²) < 4.78 is 10.6. The minimum absolute atomic E-state index is 0.0618. The molecule has 0 bridgehead atoms. The van der Waals surface area contributed by atoms with Gasteiger partial charge in [-0.2, -0.15) is 4.98 Å². The van der Waals surface area contributed by atoms with Crippen molar-refractivity contribution in [2.75, 3.05) is 26.8 Å². The van der Waals surface area contributed by atoms with Crippen LogP contribution in [0.4, 0.5) is 0 Å². The van der Waals surface area contributed by atoms with Crippen LogP contribution < -0.4 is 0 Å². The molecule has 0 radical (unpaired) electrons. The molecular formula is C17H19N5O3. The molecule has 8 nitrogen and oxygen atoms in total. The van der Waals surface area contributed by atoms with E-state index in [1.165, 1.54) is 0 Å². The first-order valence-electron chi connectivity index (χ1n) is 8.28. The summed E-state index contributed by atoms with van der Waals surface area (Å²) in [5.41, 5.74) is 2.69. The van der Waals surface area contributed by atoms with Gasteiger partial charge >= 0.3 is 0 Å². The van der Waals surface area contributed by atoms with Crippen LogP contribution in [0.15, 0.2) is 29.0 Å². The van der Waals surface area contributed by atoms with Crippen LogP contribution in [0.1, 0.15) is 24.7 Å². The summed E-state index contributed by atoms with van der Waals surface area (Å²) in [6.07, 6.45) is 2.87. The smallest absolute Gasteiger partial charge is 0.231 e. The van der Waals surface area contributed by atoms with E-state index in [9.17, 15) is 4.79 Å². The van der Waals surface area contributed by atoms with Gasteiger partial charge in [0.25, 0.3) is 0 Å². The van der Waals surface area contributed by atoms with Gasteiger partial charge in [0.05, 0.1) is 29.9 Å². The van der Waals surface area contributed by atoms with E-state index in [1.807, 2.05) is 18.2 Å². The fraction of sp³-hybridized carbons (Fsp3) is 0.412. The van der Waals surface area contributed by atoms with Crippen LogP contribution in [0.3, 0.4) is 0 Å². The number of piperidine rings is 1. The third-order valence-electron chi connectivity index (χ3n) is 4.53. The Bertz CT molecular complexity index is 887. The highest BCUT2D eigenvalue weighted by atomic mass is 16.5. The van der Waals surface area contributed by atoms with Crippen LogP contribution in [-0.4, -0.2) is 57.7 Å². The molecular weight excluding hydrogens is 322 g/mol. The number of rotatable bonds is 5. The lowest BCUT2D eigenvalue weighted by atomic mass is 9.97. The molecule has 1 N–H and O–H groups in total. The molecule has 1 aliphatic heterocycles. The molecule has 1 aliphatic rings. The molecule has 1 aromatic carbocycles. The summed E-state index contributed by atoms with van der Waals surface area (Å²) in [6, 6.07) is 5.79. The number of aromatic nitrogens is 4. The summed E-state index contributed by atoms with van der Waals surface area (Å²) in [7, 11) is 1.63. The Morgan fingerprint density at radius 3 is 3.24 bits per heavy atom. The number of methoxy groups -OCH3 is 1. The zero-order valence-electron chi connectivity index (χ0n) is 13.9. The van der Waals surface area contributed by atoms with Gasteiger partial charge in [-0.05, 0) is 24.6 Å². The second-order valence-corrected chi connectivity index (χ2v) is 6.16. The molecule has 4 rings (SSSR count). The average Bonchev–Trinajstić information content (AvgIpc) is 3.29. The minimum atomic E-state index is 0.0618. The fourth-order valence-electron chi connectivity index (χ4n) is 3.13. The first-order valence-corrected chi connectivity index (χ1v) is 8.28. The summed E-state index contributed by atoms with van der Waals surface area (Å²) >= 11 is 0. The topological polar surface area (TPSA) is 97.1 Å². The van der Waals surface area contributed by atoms with Gasteiger partial charge in [0, 0.05) is 32.2 Å². The first-order chi connectivity index (χ1) is 12.2. The number of nitrogens with zero attached hydrogens (tertiary/aromatic N) is 4. The fourth-order valence-corrected chi connectivity index (χ4v) is 3.13. The maximum absolute atomic E-state index is 12.0. The molecule has 3 heterocycles. The number of aromatic amines is 1. The van der Waals surface area contributed by atoms with Gasteiger partial charge in [0.15, 0.2) is 0 Å². The Balaban J connectivity index is 1.53. The summed E-state index contributed by atoms with van der Waals surface area (Å²) in [5.74, 6) is 1.34. The Hall–Kier alpha value is -2.74. The zero-order chi connectivity index (χ0) is 17.2. The largest absolute Gasteiger partial charge is 0.383 e. The maximum atomic E-state index is 12.0. The van der Waals surface area contributed by atoms with Gasteiger partial charge < -0.3 is 19.1 Å². The Morgan fingerprint density at radius 2 is 2.36 bits per heavy atom. The van der Waals surface area contributed by atoms with Crippen LogP contribution in [0.25, 0.3) is 22.4 Å². The van der Waals surface area contributed by atoms with E-state index >= 15 is 0 Å². The van der Waals surface area contributed by atoms with Crippen molar-refractivity contribution in [3.8, 4) is 11.4 Å². The number of nitrogens with one attached hydrogen (secondary N) is 1. The number of benzene rings is 1. The molecule has 1 saturated heterocycles. The van der Waals surface area contributed by atoms with Crippen molar-refractivity contribution in [1.82, 2.24) is 25.0 Å². The van der Waals surface area contributed by atoms with Gasteiger partial charge in [-0.15, -0.1) is 0 Å². The van der Waals surface area contributed by atoms with Crippen LogP contribution in [0.2, 0.25) is 0 Å². The predicted molar refractivity (Wildman–Crippen MR) is 89.8 cm³/mol. The van der Waals surface area contributed by atoms with E-state index in [1.54, 1.807) is 18.3 Å². The molecule has 0 spiro atoms. The van der Waals surface area contributed by atoms with Crippen molar-refractivity contribution in [2.24, 2.45) is 0 Å². The second-order valence-electron chi connectivity index (χ2n) is 6.16. The second kappa shape index (κ2) is 6.64. The molecule has 0 aliphatic carbocycles. The molecule has 0 saturated carbocycles. The number of hydrogen-bond donors (Lipinski definition) is 1. The van der Waals surface area contributed by atoms with E-state index in [4.69, 9.17) is 9.26 Å². The molecule has 8 heteroatoms. The van der Waals surface area contributed by atoms with Crippen LogP contribution in [-0.2, 0) is 9.53 Å². The Morgan fingerprint density at radius 1 is 1.44 bits per heavy atom. The lowest BCUT2D eigenvalue weighted by Gasteiger charge is -2.30. The number of fused-ring (bicyclic) bond motifs is 1. The molecule has 25 heavy (non-hydrogen) atoms. The number of likely N-dealkylation sites (tertiary alicyclic amines) is 1. The van der Waals surface area contributed by atoms with Crippen molar-refractivity contribution in [3.05, 3.63) is 30.4 Å². The normalized spacial score (nSPS) is 18.2. The van der Waals surface area contributed by atoms with Gasteiger partial charge in [0.1, 0.15) is 0 Å². The van der Waals surface area contributed by atoms with Crippen molar-refractivity contribution in [2.45, 2.75) is 18.8 Å². The van der Waals surface area contributed by atoms with E-state index in [0.29, 0.717) is 37.8 Å². The molecule has 0 unspecified atom stereocenters. The molecule has 1 fully saturated rings. The van der Waals surface area contributed by atoms with Gasteiger partial charge in [-0.25, -0.2) is 4.98 Å².